The van der Waals surface area contributed by atoms with Crippen LogP contribution < -0.4 is 0 Å². The molecule has 0 N–H and O–H groups in total. The Kier molecular flexibility index (Phi) is 6.50. The highest BCUT2D eigenvalue weighted by Gasteiger charge is 2.32. The Morgan fingerprint density at radius 1 is 1.11 bits per heavy atom. The summed E-state index contributed by atoms with van der Waals surface area (Å²) in [5, 5.41) is 0. The summed E-state index contributed by atoms with van der Waals surface area (Å²) in [5.41, 5.74) is 2.43. The number of rotatable bonds is 4. The number of methoxy groups -OCH3 is 1. The van der Waals surface area contributed by atoms with Crippen molar-refractivity contribution in [2.24, 2.45) is 0 Å². The Bertz CT molecular complexity index is 779. The molecule has 2 aromatic carbocycles. The van der Waals surface area contributed by atoms with Gasteiger partial charge in [-0.3, -0.25) is 0 Å². The van der Waals surface area contributed by atoms with Crippen molar-refractivity contribution >= 4 is 28.0 Å². The third-order valence-electron chi connectivity index (χ3n) is 4.69. The Morgan fingerprint density at radius 3 is 2.48 bits per heavy atom. The van der Waals surface area contributed by atoms with E-state index < -0.39 is 0 Å². The summed E-state index contributed by atoms with van der Waals surface area (Å²) in [7, 11) is 1.36. The van der Waals surface area contributed by atoms with Gasteiger partial charge in [0.25, 0.3) is 0 Å². The number of piperidine rings is 1. The average molecular weight is 432 g/mol. The number of amides is 1. The zero-order valence-corrected chi connectivity index (χ0v) is 16.7. The molecule has 1 saturated heterocycles. The third kappa shape index (κ3) is 4.89. The molecule has 0 radical (unpaired) electrons. The second-order valence-electron chi connectivity index (χ2n) is 6.48. The van der Waals surface area contributed by atoms with E-state index in [2.05, 4.69) is 15.9 Å². The van der Waals surface area contributed by atoms with Crippen molar-refractivity contribution in [2.75, 3.05) is 13.7 Å². The molecule has 2 atom stereocenters. The van der Waals surface area contributed by atoms with Gasteiger partial charge in [-0.2, -0.15) is 0 Å². The van der Waals surface area contributed by atoms with Crippen LogP contribution in [0.3, 0.4) is 0 Å². The standard InChI is InChI=1S/C21H22BrNO4/c1-26-20(24)17-9-7-16(8-10-17)19-13-18(22)11-12-23(19)21(25)27-14-15-5-3-2-4-6-15/h2-10,18-19H,11-14H2,1H3. The van der Waals surface area contributed by atoms with Crippen molar-refractivity contribution in [3.8, 4) is 0 Å². The van der Waals surface area contributed by atoms with E-state index in [0.29, 0.717) is 16.9 Å². The van der Waals surface area contributed by atoms with Crippen molar-refractivity contribution in [3.63, 3.8) is 0 Å². The van der Waals surface area contributed by atoms with E-state index in [0.717, 1.165) is 24.0 Å². The smallest absolute Gasteiger partial charge is 0.410 e. The van der Waals surface area contributed by atoms with Crippen molar-refractivity contribution in [2.45, 2.75) is 30.3 Å². The fourth-order valence-corrected chi connectivity index (χ4v) is 3.78. The minimum absolute atomic E-state index is 0.0990. The molecule has 1 fully saturated rings. The number of likely N-dealkylation sites (tertiary alicyclic amines) is 1. The summed E-state index contributed by atoms with van der Waals surface area (Å²) < 4.78 is 10.3. The average Bonchev–Trinajstić information content (AvgIpc) is 2.72. The number of benzene rings is 2. The molecule has 1 aliphatic heterocycles. The highest BCUT2D eigenvalue weighted by molar-refractivity contribution is 9.09. The lowest BCUT2D eigenvalue weighted by Gasteiger charge is -2.37. The first-order chi connectivity index (χ1) is 13.1. The van der Waals surface area contributed by atoms with Crippen LogP contribution in [0, 0.1) is 0 Å². The Balaban J connectivity index is 1.72. The number of hydrogen-bond donors (Lipinski definition) is 0. The van der Waals surface area contributed by atoms with Crippen LogP contribution in [0.5, 0.6) is 0 Å². The third-order valence-corrected chi connectivity index (χ3v) is 5.53. The Labute approximate surface area is 167 Å². The monoisotopic (exact) mass is 431 g/mol. The molecule has 1 heterocycles. The van der Waals surface area contributed by atoms with Gasteiger partial charge in [0.15, 0.2) is 0 Å². The van der Waals surface area contributed by atoms with Crippen LogP contribution >= 0.6 is 15.9 Å². The zero-order valence-electron chi connectivity index (χ0n) is 15.1. The highest BCUT2D eigenvalue weighted by Crippen LogP contribution is 2.34. The van der Waals surface area contributed by atoms with Gasteiger partial charge in [-0.25, -0.2) is 9.59 Å². The molecule has 1 aliphatic rings. The predicted molar refractivity (Wildman–Crippen MR) is 106 cm³/mol. The van der Waals surface area contributed by atoms with Gasteiger partial charge in [0.2, 0.25) is 0 Å². The van der Waals surface area contributed by atoms with Gasteiger partial charge in [0.1, 0.15) is 6.61 Å². The number of nitrogens with zero attached hydrogens (tertiary/aromatic N) is 1. The topological polar surface area (TPSA) is 55.8 Å². The summed E-state index contributed by atoms with van der Waals surface area (Å²) in [4.78, 5) is 26.4. The zero-order chi connectivity index (χ0) is 19.2. The molecule has 0 aliphatic carbocycles. The maximum absolute atomic E-state index is 12.7. The normalized spacial score (nSPS) is 19.4. The minimum Gasteiger partial charge on any atom is -0.465 e. The van der Waals surface area contributed by atoms with Crippen LogP contribution in [0.25, 0.3) is 0 Å². The molecular formula is C21H22BrNO4. The van der Waals surface area contributed by atoms with Gasteiger partial charge in [0, 0.05) is 11.4 Å². The SMILES string of the molecule is COC(=O)c1ccc(C2CC(Br)CCN2C(=O)OCc2ccccc2)cc1. The number of esters is 1. The van der Waals surface area contributed by atoms with Gasteiger partial charge in [-0.1, -0.05) is 58.4 Å². The maximum Gasteiger partial charge on any atom is 0.410 e. The Hall–Kier alpha value is -2.34. The van der Waals surface area contributed by atoms with Crippen molar-refractivity contribution in [1.82, 2.24) is 4.90 Å². The quantitative estimate of drug-likeness (QED) is 0.519. The lowest BCUT2D eigenvalue weighted by molar-refractivity contribution is 0.0599. The second-order valence-corrected chi connectivity index (χ2v) is 7.78. The van der Waals surface area contributed by atoms with Crippen molar-refractivity contribution < 1.29 is 19.1 Å². The molecule has 1 amide bonds. The van der Waals surface area contributed by atoms with Gasteiger partial charge in [-0.05, 0) is 36.1 Å². The predicted octanol–water partition coefficient (Wildman–Crippen LogP) is 4.71. The number of carbonyl (C=O) groups is 2. The molecule has 0 bridgehead atoms. The number of alkyl halides is 1. The molecule has 6 heteroatoms. The van der Waals surface area contributed by atoms with E-state index in [9.17, 15) is 9.59 Å². The largest absolute Gasteiger partial charge is 0.465 e. The molecule has 27 heavy (non-hydrogen) atoms. The number of ether oxygens (including phenoxy) is 2. The van der Waals surface area contributed by atoms with Crippen molar-refractivity contribution in [1.29, 1.82) is 0 Å². The number of carbonyl (C=O) groups excluding carboxylic acids is 2. The first-order valence-electron chi connectivity index (χ1n) is 8.88. The summed E-state index contributed by atoms with van der Waals surface area (Å²) in [6.45, 7) is 0.870. The van der Waals surface area contributed by atoms with Crippen LogP contribution in [0.15, 0.2) is 54.6 Å². The lowest BCUT2D eigenvalue weighted by Crippen LogP contribution is -2.41. The molecule has 0 saturated carbocycles. The molecule has 2 unspecified atom stereocenters. The first-order valence-corrected chi connectivity index (χ1v) is 9.79. The summed E-state index contributed by atoms with van der Waals surface area (Å²) in [5.74, 6) is -0.373. The first kappa shape index (κ1) is 19.4. The Morgan fingerprint density at radius 2 is 1.81 bits per heavy atom. The minimum atomic E-state index is -0.373. The van der Waals surface area contributed by atoms with E-state index in [1.807, 2.05) is 42.5 Å². The fraction of sp³-hybridized carbons (Fsp3) is 0.333. The van der Waals surface area contributed by atoms with Crippen molar-refractivity contribution in [3.05, 3.63) is 71.3 Å². The summed E-state index contributed by atoms with van der Waals surface area (Å²) in [6, 6.07) is 16.7. The molecular weight excluding hydrogens is 410 g/mol. The van der Waals surface area contributed by atoms with Crippen LogP contribution in [-0.4, -0.2) is 35.4 Å². The van der Waals surface area contributed by atoms with Gasteiger partial charge in [-0.15, -0.1) is 0 Å². The van der Waals surface area contributed by atoms with Crippen LogP contribution in [0.1, 0.15) is 40.4 Å². The molecule has 3 rings (SSSR count). The molecule has 142 valence electrons. The molecule has 5 nitrogen and oxygen atoms in total. The molecule has 0 aromatic heterocycles. The fourth-order valence-electron chi connectivity index (χ4n) is 3.22. The lowest BCUT2D eigenvalue weighted by atomic mass is 9.95. The van der Waals surface area contributed by atoms with Crippen LogP contribution in [-0.2, 0) is 16.1 Å². The second kappa shape index (κ2) is 9.04. The van der Waals surface area contributed by atoms with E-state index in [-0.39, 0.29) is 24.7 Å². The summed E-state index contributed by atoms with van der Waals surface area (Å²) >= 11 is 3.67. The van der Waals surface area contributed by atoms with Gasteiger partial charge in [0.05, 0.1) is 18.7 Å². The molecule has 2 aromatic rings. The van der Waals surface area contributed by atoms with E-state index in [1.165, 1.54) is 7.11 Å². The van der Waals surface area contributed by atoms with E-state index in [4.69, 9.17) is 9.47 Å². The number of halogens is 1. The highest BCUT2D eigenvalue weighted by atomic mass is 79.9. The van der Waals surface area contributed by atoms with Gasteiger partial charge < -0.3 is 14.4 Å². The maximum atomic E-state index is 12.7. The van der Waals surface area contributed by atoms with Crippen LogP contribution in [0.4, 0.5) is 4.79 Å². The molecule has 0 spiro atoms. The summed E-state index contributed by atoms with van der Waals surface area (Å²) in [6.07, 6.45) is 1.34. The van der Waals surface area contributed by atoms with E-state index >= 15 is 0 Å². The van der Waals surface area contributed by atoms with Gasteiger partial charge >= 0.3 is 12.1 Å². The van der Waals surface area contributed by atoms with E-state index in [1.54, 1.807) is 17.0 Å². The number of hydrogen-bond acceptors (Lipinski definition) is 4. The van der Waals surface area contributed by atoms with Crippen LogP contribution in [0.2, 0.25) is 0 Å².